The standard InChI is InChI=1S/C11H20O4/c1-5-8(4)9(10(12)14-6-2)11(13)15-7-3/h8-9H,5-7H2,1-4H3/t8-/m0/s1. The summed E-state index contributed by atoms with van der Waals surface area (Å²) >= 11 is 0. The Labute approximate surface area is 90.9 Å². The smallest absolute Gasteiger partial charge is 0.320 e. The van der Waals surface area contributed by atoms with E-state index in [1.165, 1.54) is 0 Å². The minimum atomic E-state index is -0.783. The molecule has 0 saturated carbocycles. The summed E-state index contributed by atoms with van der Waals surface area (Å²) in [6.45, 7) is 7.78. The van der Waals surface area contributed by atoms with E-state index < -0.39 is 17.9 Å². The average Bonchev–Trinajstić information content (AvgIpc) is 2.18. The van der Waals surface area contributed by atoms with Gasteiger partial charge in [0, 0.05) is 0 Å². The Kier molecular flexibility index (Phi) is 6.75. The van der Waals surface area contributed by atoms with E-state index in [-0.39, 0.29) is 19.1 Å². The molecule has 0 aromatic rings. The van der Waals surface area contributed by atoms with Gasteiger partial charge < -0.3 is 9.47 Å². The van der Waals surface area contributed by atoms with E-state index in [4.69, 9.17) is 9.47 Å². The van der Waals surface area contributed by atoms with Gasteiger partial charge in [-0.15, -0.1) is 0 Å². The molecule has 0 fully saturated rings. The Hall–Kier alpha value is -1.06. The molecule has 0 amide bonds. The molecule has 4 heteroatoms. The Morgan fingerprint density at radius 1 is 1.00 bits per heavy atom. The summed E-state index contributed by atoms with van der Waals surface area (Å²) in [5.41, 5.74) is 0. The highest BCUT2D eigenvalue weighted by Gasteiger charge is 2.33. The molecule has 0 N–H and O–H groups in total. The van der Waals surface area contributed by atoms with Crippen molar-refractivity contribution in [2.75, 3.05) is 13.2 Å². The molecule has 0 aromatic carbocycles. The van der Waals surface area contributed by atoms with Gasteiger partial charge in [-0.1, -0.05) is 20.3 Å². The van der Waals surface area contributed by atoms with Crippen molar-refractivity contribution in [1.82, 2.24) is 0 Å². The molecule has 0 radical (unpaired) electrons. The quantitative estimate of drug-likeness (QED) is 0.501. The van der Waals surface area contributed by atoms with Gasteiger partial charge in [0.2, 0.25) is 0 Å². The molecule has 15 heavy (non-hydrogen) atoms. The van der Waals surface area contributed by atoms with Gasteiger partial charge in [-0.05, 0) is 19.8 Å². The minimum Gasteiger partial charge on any atom is -0.465 e. The summed E-state index contributed by atoms with van der Waals surface area (Å²) in [4.78, 5) is 23.1. The molecule has 0 aliphatic heterocycles. The van der Waals surface area contributed by atoms with Crippen molar-refractivity contribution < 1.29 is 19.1 Å². The van der Waals surface area contributed by atoms with Crippen molar-refractivity contribution in [1.29, 1.82) is 0 Å². The maximum Gasteiger partial charge on any atom is 0.320 e. The number of hydrogen-bond acceptors (Lipinski definition) is 4. The zero-order valence-corrected chi connectivity index (χ0v) is 9.91. The highest BCUT2D eigenvalue weighted by Crippen LogP contribution is 2.18. The Morgan fingerprint density at radius 2 is 1.40 bits per heavy atom. The number of carbonyl (C=O) groups excluding carboxylic acids is 2. The van der Waals surface area contributed by atoms with Crippen molar-refractivity contribution in [2.24, 2.45) is 11.8 Å². The lowest BCUT2D eigenvalue weighted by atomic mass is 9.92. The van der Waals surface area contributed by atoms with E-state index in [2.05, 4.69) is 0 Å². The van der Waals surface area contributed by atoms with Crippen LogP contribution in [0.2, 0.25) is 0 Å². The molecule has 0 rings (SSSR count). The van der Waals surface area contributed by atoms with Crippen molar-refractivity contribution >= 4 is 11.9 Å². The van der Waals surface area contributed by atoms with Gasteiger partial charge in [0.1, 0.15) is 0 Å². The number of rotatable bonds is 6. The zero-order chi connectivity index (χ0) is 11.8. The van der Waals surface area contributed by atoms with Crippen LogP contribution in [0.15, 0.2) is 0 Å². The topological polar surface area (TPSA) is 52.6 Å². The Morgan fingerprint density at radius 3 is 1.67 bits per heavy atom. The SMILES string of the molecule is CCOC(=O)C(C(=O)OCC)[C@@H](C)CC. The van der Waals surface area contributed by atoms with Crippen LogP contribution in [-0.2, 0) is 19.1 Å². The summed E-state index contributed by atoms with van der Waals surface area (Å²) in [5, 5.41) is 0. The molecule has 0 bridgehead atoms. The third-order valence-corrected chi connectivity index (χ3v) is 2.29. The lowest BCUT2D eigenvalue weighted by molar-refractivity contribution is -0.164. The third-order valence-electron chi connectivity index (χ3n) is 2.29. The first-order valence-corrected chi connectivity index (χ1v) is 5.41. The lowest BCUT2D eigenvalue weighted by Gasteiger charge is -2.19. The fourth-order valence-corrected chi connectivity index (χ4v) is 1.26. The second kappa shape index (κ2) is 7.26. The summed E-state index contributed by atoms with van der Waals surface area (Å²) < 4.78 is 9.71. The zero-order valence-electron chi connectivity index (χ0n) is 9.91. The van der Waals surface area contributed by atoms with E-state index in [0.29, 0.717) is 0 Å². The largest absolute Gasteiger partial charge is 0.465 e. The molecule has 0 saturated heterocycles. The van der Waals surface area contributed by atoms with Crippen molar-refractivity contribution in [3.8, 4) is 0 Å². The van der Waals surface area contributed by atoms with E-state index in [9.17, 15) is 9.59 Å². The summed E-state index contributed by atoms with van der Waals surface area (Å²) in [6.07, 6.45) is 0.738. The summed E-state index contributed by atoms with van der Waals surface area (Å²) in [5.74, 6) is -1.80. The molecular weight excluding hydrogens is 196 g/mol. The van der Waals surface area contributed by atoms with Crippen LogP contribution in [0.5, 0.6) is 0 Å². The van der Waals surface area contributed by atoms with E-state index in [1.54, 1.807) is 13.8 Å². The van der Waals surface area contributed by atoms with Crippen LogP contribution in [0.4, 0.5) is 0 Å². The third kappa shape index (κ3) is 4.32. The fourth-order valence-electron chi connectivity index (χ4n) is 1.26. The minimum absolute atomic E-state index is 0.0527. The molecule has 88 valence electrons. The number of hydrogen-bond donors (Lipinski definition) is 0. The molecule has 0 unspecified atom stereocenters. The van der Waals surface area contributed by atoms with Crippen LogP contribution in [0.25, 0.3) is 0 Å². The van der Waals surface area contributed by atoms with Gasteiger partial charge in [-0.2, -0.15) is 0 Å². The van der Waals surface area contributed by atoms with Crippen LogP contribution in [0, 0.1) is 11.8 Å². The number of ether oxygens (including phenoxy) is 2. The molecule has 0 spiro atoms. The van der Waals surface area contributed by atoms with Gasteiger partial charge in [0.15, 0.2) is 5.92 Å². The molecular formula is C11H20O4. The van der Waals surface area contributed by atoms with Crippen LogP contribution < -0.4 is 0 Å². The highest BCUT2D eigenvalue weighted by molar-refractivity contribution is 5.95. The maximum atomic E-state index is 11.5. The predicted octanol–water partition coefficient (Wildman–Crippen LogP) is 1.77. The Balaban J connectivity index is 4.56. The van der Waals surface area contributed by atoms with Gasteiger partial charge in [-0.25, -0.2) is 0 Å². The number of esters is 2. The first-order chi connectivity index (χ1) is 7.08. The normalized spacial score (nSPS) is 12.3. The van der Waals surface area contributed by atoms with E-state index in [0.717, 1.165) is 6.42 Å². The molecule has 0 aliphatic rings. The van der Waals surface area contributed by atoms with Crippen molar-refractivity contribution in [3.05, 3.63) is 0 Å². The number of carbonyl (C=O) groups is 2. The summed E-state index contributed by atoms with van der Waals surface area (Å²) in [6, 6.07) is 0. The first kappa shape index (κ1) is 13.9. The van der Waals surface area contributed by atoms with E-state index >= 15 is 0 Å². The van der Waals surface area contributed by atoms with Crippen LogP contribution >= 0.6 is 0 Å². The Bertz CT molecular complexity index is 195. The van der Waals surface area contributed by atoms with Crippen LogP contribution in [-0.4, -0.2) is 25.2 Å². The van der Waals surface area contributed by atoms with Crippen molar-refractivity contribution in [2.45, 2.75) is 34.1 Å². The van der Waals surface area contributed by atoms with Crippen LogP contribution in [0.1, 0.15) is 34.1 Å². The highest BCUT2D eigenvalue weighted by atomic mass is 16.6. The van der Waals surface area contributed by atoms with Gasteiger partial charge in [-0.3, -0.25) is 9.59 Å². The molecule has 0 heterocycles. The second-order valence-electron chi connectivity index (χ2n) is 3.37. The molecule has 0 aromatic heterocycles. The van der Waals surface area contributed by atoms with Gasteiger partial charge in [0.05, 0.1) is 13.2 Å². The van der Waals surface area contributed by atoms with Crippen molar-refractivity contribution in [3.63, 3.8) is 0 Å². The van der Waals surface area contributed by atoms with Gasteiger partial charge in [0.25, 0.3) is 0 Å². The van der Waals surface area contributed by atoms with Crippen LogP contribution in [0.3, 0.4) is 0 Å². The monoisotopic (exact) mass is 216 g/mol. The van der Waals surface area contributed by atoms with E-state index in [1.807, 2.05) is 13.8 Å². The maximum absolute atomic E-state index is 11.5. The fraction of sp³-hybridized carbons (Fsp3) is 0.818. The molecule has 0 aliphatic carbocycles. The predicted molar refractivity (Wildman–Crippen MR) is 56.2 cm³/mol. The molecule has 1 atom stereocenters. The lowest BCUT2D eigenvalue weighted by Crippen LogP contribution is -2.33. The average molecular weight is 216 g/mol. The summed E-state index contributed by atoms with van der Waals surface area (Å²) in [7, 11) is 0. The second-order valence-corrected chi connectivity index (χ2v) is 3.37. The molecule has 4 nitrogen and oxygen atoms in total. The first-order valence-electron chi connectivity index (χ1n) is 5.41. The van der Waals surface area contributed by atoms with Gasteiger partial charge >= 0.3 is 11.9 Å².